The first-order valence-corrected chi connectivity index (χ1v) is 7.19. The predicted molar refractivity (Wildman–Crippen MR) is 75.3 cm³/mol. The Morgan fingerprint density at radius 1 is 1.30 bits per heavy atom. The highest BCUT2D eigenvalue weighted by atomic mass is 16.2. The van der Waals surface area contributed by atoms with E-state index in [0.717, 1.165) is 12.8 Å². The van der Waals surface area contributed by atoms with Crippen LogP contribution in [0.25, 0.3) is 0 Å². The van der Waals surface area contributed by atoms with Crippen molar-refractivity contribution in [1.29, 1.82) is 0 Å². The SMILES string of the molecule is CN1C(=O)CC[C@@H]1C(=O)Nc1cc2c(cn1)CCCC2. The molecule has 2 heterocycles. The van der Waals surface area contributed by atoms with E-state index in [9.17, 15) is 9.59 Å². The summed E-state index contributed by atoms with van der Waals surface area (Å²) in [4.78, 5) is 29.5. The lowest BCUT2D eigenvalue weighted by molar-refractivity contribution is -0.131. The van der Waals surface area contributed by atoms with Crippen LogP contribution in [0.2, 0.25) is 0 Å². The van der Waals surface area contributed by atoms with Crippen molar-refractivity contribution < 1.29 is 9.59 Å². The molecule has 1 aromatic rings. The largest absolute Gasteiger partial charge is 0.334 e. The van der Waals surface area contributed by atoms with Gasteiger partial charge in [-0.05, 0) is 49.3 Å². The number of likely N-dealkylation sites (tertiary alicyclic amines) is 1. The number of rotatable bonds is 2. The van der Waals surface area contributed by atoms with Crippen LogP contribution in [0.4, 0.5) is 5.82 Å². The van der Waals surface area contributed by atoms with Gasteiger partial charge in [-0.1, -0.05) is 0 Å². The van der Waals surface area contributed by atoms with Gasteiger partial charge in [-0.3, -0.25) is 9.59 Å². The van der Waals surface area contributed by atoms with Gasteiger partial charge in [0, 0.05) is 19.7 Å². The number of aromatic nitrogens is 1. The molecular weight excluding hydrogens is 254 g/mol. The highest BCUT2D eigenvalue weighted by Gasteiger charge is 2.33. The summed E-state index contributed by atoms with van der Waals surface area (Å²) in [5.41, 5.74) is 2.58. The molecule has 5 nitrogen and oxygen atoms in total. The van der Waals surface area contributed by atoms with Gasteiger partial charge < -0.3 is 10.2 Å². The van der Waals surface area contributed by atoms with Gasteiger partial charge >= 0.3 is 0 Å². The number of hydrogen-bond donors (Lipinski definition) is 1. The Morgan fingerprint density at radius 2 is 2.05 bits per heavy atom. The van der Waals surface area contributed by atoms with E-state index in [0.29, 0.717) is 18.7 Å². The van der Waals surface area contributed by atoms with Crippen molar-refractivity contribution in [2.45, 2.75) is 44.6 Å². The van der Waals surface area contributed by atoms with Crippen molar-refractivity contribution >= 4 is 17.6 Å². The number of carbonyl (C=O) groups excluding carboxylic acids is 2. The van der Waals surface area contributed by atoms with E-state index in [1.54, 1.807) is 7.05 Å². The number of amides is 2. The maximum atomic E-state index is 12.2. The van der Waals surface area contributed by atoms with Crippen molar-refractivity contribution in [3.63, 3.8) is 0 Å². The van der Waals surface area contributed by atoms with E-state index >= 15 is 0 Å². The minimum Gasteiger partial charge on any atom is -0.334 e. The lowest BCUT2D eigenvalue weighted by Gasteiger charge is -2.20. The first-order chi connectivity index (χ1) is 9.65. The van der Waals surface area contributed by atoms with E-state index < -0.39 is 0 Å². The Balaban J connectivity index is 1.71. The molecule has 1 N–H and O–H groups in total. The molecule has 1 saturated heterocycles. The highest BCUT2D eigenvalue weighted by molar-refractivity contribution is 5.98. The Kier molecular flexibility index (Phi) is 3.42. The normalized spacial score (nSPS) is 21.8. The quantitative estimate of drug-likeness (QED) is 0.888. The summed E-state index contributed by atoms with van der Waals surface area (Å²) in [5, 5.41) is 2.84. The number of aryl methyl sites for hydroxylation is 2. The fourth-order valence-corrected chi connectivity index (χ4v) is 3.00. The van der Waals surface area contributed by atoms with Gasteiger partial charge in [-0.2, -0.15) is 0 Å². The van der Waals surface area contributed by atoms with Crippen LogP contribution in [-0.2, 0) is 22.4 Å². The molecule has 0 radical (unpaired) electrons. The van der Waals surface area contributed by atoms with Crippen LogP contribution in [0.3, 0.4) is 0 Å². The fraction of sp³-hybridized carbons (Fsp3) is 0.533. The summed E-state index contributed by atoms with van der Waals surface area (Å²) in [6, 6.07) is 1.61. The zero-order valence-electron chi connectivity index (χ0n) is 11.7. The summed E-state index contributed by atoms with van der Waals surface area (Å²) in [6.45, 7) is 0. The second kappa shape index (κ2) is 5.23. The third-order valence-electron chi connectivity index (χ3n) is 4.27. The molecule has 1 aromatic heterocycles. The Hall–Kier alpha value is -1.91. The van der Waals surface area contributed by atoms with Crippen LogP contribution in [0.1, 0.15) is 36.8 Å². The molecular formula is C15H19N3O2. The van der Waals surface area contributed by atoms with Crippen LogP contribution in [0.5, 0.6) is 0 Å². The van der Waals surface area contributed by atoms with E-state index in [2.05, 4.69) is 10.3 Å². The fourth-order valence-electron chi connectivity index (χ4n) is 3.00. The Labute approximate surface area is 118 Å². The van der Waals surface area contributed by atoms with Gasteiger partial charge in [-0.25, -0.2) is 4.98 Å². The molecule has 1 aliphatic heterocycles. The molecule has 2 amide bonds. The topological polar surface area (TPSA) is 62.3 Å². The zero-order chi connectivity index (χ0) is 14.1. The van der Waals surface area contributed by atoms with Crippen LogP contribution in [-0.4, -0.2) is 34.8 Å². The first kappa shape index (κ1) is 13.1. The minimum atomic E-state index is -0.361. The Bertz CT molecular complexity index is 556. The van der Waals surface area contributed by atoms with Crippen LogP contribution in [0.15, 0.2) is 12.3 Å². The summed E-state index contributed by atoms with van der Waals surface area (Å²) in [5.74, 6) is 0.494. The molecule has 3 rings (SSSR count). The summed E-state index contributed by atoms with van der Waals surface area (Å²) in [6.07, 6.45) is 7.46. The third kappa shape index (κ3) is 2.40. The molecule has 106 valence electrons. The number of fused-ring (bicyclic) bond motifs is 1. The third-order valence-corrected chi connectivity index (χ3v) is 4.27. The van der Waals surface area contributed by atoms with Gasteiger partial charge in [0.2, 0.25) is 11.8 Å². The molecule has 0 aromatic carbocycles. The molecule has 1 atom stereocenters. The molecule has 0 bridgehead atoms. The molecule has 1 aliphatic carbocycles. The number of anilines is 1. The van der Waals surface area contributed by atoms with Gasteiger partial charge in [0.1, 0.15) is 11.9 Å². The molecule has 0 unspecified atom stereocenters. The van der Waals surface area contributed by atoms with Crippen molar-refractivity contribution in [2.24, 2.45) is 0 Å². The minimum absolute atomic E-state index is 0.0311. The monoisotopic (exact) mass is 273 g/mol. The van der Waals surface area contributed by atoms with E-state index in [1.807, 2.05) is 12.3 Å². The van der Waals surface area contributed by atoms with Gasteiger partial charge in [-0.15, -0.1) is 0 Å². The van der Waals surface area contributed by atoms with Crippen LogP contribution < -0.4 is 5.32 Å². The maximum absolute atomic E-state index is 12.2. The smallest absolute Gasteiger partial charge is 0.248 e. The number of pyridine rings is 1. The summed E-state index contributed by atoms with van der Waals surface area (Å²) in [7, 11) is 1.68. The summed E-state index contributed by atoms with van der Waals surface area (Å²) >= 11 is 0. The molecule has 2 aliphatic rings. The van der Waals surface area contributed by atoms with Crippen LogP contribution in [0, 0.1) is 0 Å². The molecule has 1 fully saturated rings. The van der Waals surface area contributed by atoms with Gasteiger partial charge in [0.05, 0.1) is 0 Å². The van der Waals surface area contributed by atoms with Gasteiger partial charge in [0.25, 0.3) is 0 Å². The predicted octanol–water partition coefficient (Wildman–Crippen LogP) is 1.52. The van der Waals surface area contributed by atoms with Crippen molar-refractivity contribution in [3.8, 4) is 0 Å². The van der Waals surface area contributed by atoms with E-state index in [1.165, 1.54) is 28.9 Å². The maximum Gasteiger partial charge on any atom is 0.248 e. The van der Waals surface area contributed by atoms with Crippen molar-refractivity contribution in [1.82, 2.24) is 9.88 Å². The van der Waals surface area contributed by atoms with E-state index in [4.69, 9.17) is 0 Å². The number of nitrogens with one attached hydrogen (secondary N) is 1. The lowest BCUT2D eigenvalue weighted by Crippen LogP contribution is -2.39. The van der Waals surface area contributed by atoms with Gasteiger partial charge in [0.15, 0.2) is 0 Å². The number of carbonyl (C=O) groups is 2. The standard InChI is InChI=1S/C15H19N3O2/c1-18-12(6-7-14(18)19)15(20)17-13-8-10-4-2-3-5-11(10)9-16-13/h8-9,12H,2-7H2,1H3,(H,16,17,20)/t12-/m1/s1. The number of nitrogens with zero attached hydrogens (tertiary/aromatic N) is 2. The first-order valence-electron chi connectivity index (χ1n) is 7.19. The molecule has 0 saturated carbocycles. The average molecular weight is 273 g/mol. The summed E-state index contributed by atoms with van der Waals surface area (Å²) < 4.78 is 0. The lowest BCUT2D eigenvalue weighted by atomic mass is 9.93. The number of hydrogen-bond acceptors (Lipinski definition) is 3. The van der Waals surface area contributed by atoms with Crippen molar-refractivity contribution in [2.75, 3.05) is 12.4 Å². The second-order valence-electron chi connectivity index (χ2n) is 5.59. The number of likely N-dealkylation sites (N-methyl/N-ethyl adjacent to an activating group) is 1. The van der Waals surface area contributed by atoms with Crippen molar-refractivity contribution in [3.05, 3.63) is 23.4 Å². The Morgan fingerprint density at radius 3 is 2.75 bits per heavy atom. The van der Waals surface area contributed by atoms with Crippen LogP contribution >= 0.6 is 0 Å². The zero-order valence-corrected chi connectivity index (χ0v) is 11.7. The average Bonchev–Trinajstić information content (AvgIpc) is 2.79. The molecule has 20 heavy (non-hydrogen) atoms. The second-order valence-corrected chi connectivity index (χ2v) is 5.59. The molecule has 5 heteroatoms. The highest BCUT2D eigenvalue weighted by Crippen LogP contribution is 2.23. The van der Waals surface area contributed by atoms with E-state index in [-0.39, 0.29) is 17.9 Å². The molecule has 0 spiro atoms.